The van der Waals surface area contributed by atoms with Crippen LogP contribution in [0.5, 0.6) is 0 Å². The van der Waals surface area contributed by atoms with Crippen LogP contribution in [-0.2, 0) is 16.0 Å². The monoisotopic (exact) mass is 449 g/mol. The van der Waals surface area contributed by atoms with Crippen LogP contribution in [0.3, 0.4) is 0 Å². The summed E-state index contributed by atoms with van der Waals surface area (Å²) in [7, 11) is 1.69. The fourth-order valence-corrected chi connectivity index (χ4v) is 2.39. The molecule has 24 heavy (non-hydrogen) atoms. The molecule has 1 saturated heterocycles. The smallest absolute Gasteiger partial charge is 0.191 e. The molecule has 0 unspecified atom stereocenters. The molecule has 7 nitrogen and oxygen atoms in total. The van der Waals surface area contributed by atoms with Crippen molar-refractivity contribution >= 4 is 35.8 Å². The Morgan fingerprint density at radius 2 is 2.17 bits per heavy atom. The van der Waals surface area contributed by atoms with Crippen LogP contribution in [0, 0.1) is 0 Å². The van der Waals surface area contributed by atoms with E-state index < -0.39 is 0 Å². The van der Waals surface area contributed by atoms with Gasteiger partial charge in [0.2, 0.25) is 0 Å². The first-order valence-electron chi connectivity index (χ1n) is 8.13. The number of aliphatic imine (C=N–C) groups is 1. The van der Waals surface area contributed by atoms with Gasteiger partial charge in [0.25, 0.3) is 0 Å². The van der Waals surface area contributed by atoms with E-state index in [2.05, 4.69) is 38.5 Å². The molecule has 136 valence electrons. The summed E-state index contributed by atoms with van der Waals surface area (Å²) in [6.07, 6.45) is 1.83. The average molecular weight is 449 g/mol. The van der Waals surface area contributed by atoms with Gasteiger partial charge < -0.3 is 25.0 Å². The van der Waals surface area contributed by atoms with Gasteiger partial charge in [0, 0.05) is 45.0 Å². The molecular formula is C16H28IN5O2. The highest BCUT2D eigenvalue weighted by Gasteiger charge is 2.15. The summed E-state index contributed by atoms with van der Waals surface area (Å²) < 4.78 is 10.5. The first-order valence-corrected chi connectivity index (χ1v) is 8.13. The molecule has 0 radical (unpaired) electrons. The van der Waals surface area contributed by atoms with Gasteiger partial charge in [-0.15, -0.1) is 24.0 Å². The number of pyridine rings is 1. The number of anilines is 1. The summed E-state index contributed by atoms with van der Waals surface area (Å²) in [6.45, 7) is 8.09. The molecule has 2 rings (SSSR count). The number of hydrogen-bond donors (Lipinski definition) is 2. The highest BCUT2D eigenvalue weighted by molar-refractivity contribution is 14.0. The Bertz CT molecular complexity index is 495. The fraction of sp³-hybridized carbons (Fsp3) is 0.625. The number of nitrogens with zero attached hydrogens (tertiary/aromatic N) is 3. The van der Waals surface area contributed by atoms with E-state index in [1.165, 1.54) is 0 Å². The number of methoxy groups -OCH3 is 1. The van der Waals surface area contributed by atoms with E-state index in [9.17, 15) is 0 Å². The van der Waals surface area contributed by atoms with Crippen LogP contribution in [0.25, 0.3) is 0 Å². The topological polar surface area (TPSA) is 71.0 Å². The Labute approximate surface area is 161 Å². The fourth-order valence-electron chi connectivity index (χ4n) is 2.39. The number of rotatable bonds is 7. The minimum Gasteiger partial charge on any atom is -0.383 e. The average Bonchev–Trinajstić information content (AvgIpc) is 2.61. The molecule has 0 saturated carbocycles. The van der Waals surface area contributed by atoms with E-state index in [-0.39, 0.29) is 24.0 Å². The minimum absolute atomic E-state index is 0. The third-order valence-corrected chi connectivity index (χ3v) is 3.53. The molecule has 0 aliphatic carbocycles. The normalized spacial score (nSPS) is 14.9. The zero-order valence-corrected chi connectivity index (χ0v) is 16.8. The van der Waals surface area contributed by atoms with Crippen molar-refractivity contribution in [2.45, 2.75) is 13.5 Å². The number of nitrogens with one attached hydrogen (secondary N) is 2. The highest BCUT2D eigenvalue weighted by atomic mass is 127. The molecule has 0 atom stereocenters. The Hall–Kier alpha value is -1.13. The molecule has 0 spiro atoms. The molecule has 0 amide bonds. The summed E-state index contributed by atoms with van der Waals surface area (Å²) in [4.78, 5) is 11.5. The summed E-state index contributed by atoms with van der Waals surface area (Å²) in [5, 5.41) is 6.49. The number of guanidine groups is 1. The summed E-state index contributed by atoms with van der Waals surface area (Å²) in [6, 6.07) is 4.04. The van der Waals surface area contributed by atoms with Crippen molar-refractivity contribution in [1.82, 2.24) is 15.6 Å². The number of morpholine rings is 1. The zero-order chi connectivity index (χ0) is 16.3. The van der Waals surface area contributed by atoms with E-state index >= 15 is 0 Å². The van der Waals surface area contributed by atoms with Crippen LogP contribution in [0.2, 0.25) is 0 Å². The van der Waals surface area contributed by atoms with Crippen molar-refractivity contribution < 1.29 is 9.47 Å². The first-order chi connectivity index (χ1) is 11.3. The maximum Gasteiger partial charge on any atom is 0.191 e. The maximum atomic E-state index is 5.42. The molecule has 0 aromatic carbocycles. The second kappa shape index (κ2) is 12.3. The van der Waals surface area contributed by atoms with Crippen LogP contribution in [-0.4, -0.2) is 64.1 Å². The third kappa shape index (κ3) is 6.78. The molecule has 2 heterocycles. The Kier molecular flexibility index (Phi) is 10.7. The molecule has 1 aliphatic rings. The van der Waals surface area contributed by atoms with Gasteiger partial charge in [-0.3, -0.25) is 0 Å². The van der Waals surface area contributed by atoms with Crippen LogP contribution in [0.1, 0.15) is 12.5 Å². The lowest BCUT2D eigenvalue weighted by molar-refractivity contribution is 0.122. The summed E-state index contributed by atoms with van der Waals surface area (Å²) >= 11 is 0. The first kappa shape index (κ1) is 20.9. The van der Waals surface area contributed by atoms with Crippen molar-refractivity contribution in [2.24, 2.45) is 4.99 Å². The van der Waals surface area contributed by atoms with E-state index in [4.69, 9.17) is 9.47 Å². The van der Waals surface area contributed by atoms with Crippen LogP contribution in [0.15, 0.2) is 23.3 Å². The quantitative estimate of drug-likeness (QED) is 0.283. The molecule has 1 fully saturated rings. The second-order valence-electron chi connectivity index (χ2n) is 5.20. The Morgan fingerprint density at radius 3 is 2.88 bits per heavy atom. The van der Waals surface area contributed by atoms with Gasteiger partial charge in [-0.1, -0.05) is 6.07 Å². The molecule has 2 N–H and O–H groups in total. The molecule has 1 aromatic heterocycles. The zero-order valence-electron chi connectivity index (χ0n) is 14.5. The number of halogens is 1. The molecule has 1 aliphatic heterocycles. The van der Waals surface area contributed by atoms with Crippen molar-refractivity contribution in [3.8, 4) is 0 Å². The predicted molar refractivity (Wildman–Crippen MR) is 107 cm³/mol. The molecule has 1 aromatic rings. The van der Waals surface area contributed by atoms with Crippen LogP contribution < -0.4 is 15.5 Å². The van der Waals surface area contributed by atoms with Crippen molar-refractivity contribution in [3.05, 3.63) is 23.9 Å². The van der Waals surface area contributed by atoms with Gasteiger partial charge >= 0.3 is 0 Å². The van der Waals surface area contributed by atoms with E-state index in [0.29, 0.717) is 13.2 Å². The van der Waals surface area contributed by atoms with E-state index in [1.807, 2.05) is 12.3 Å². The summed E-state index contributed by atoms with van der Waals surface area (Å²) in [5.41, 5.74) is 1.12. The maximum absolute atomic E-state index is 5.42. The van der Waals surface area contributed by atoms with Crippen LogP contribution in [0.4, 0.5) is 5.82 Å². The van der Waals surface area contributed by atoms with E-state index in [0.717, 1.165) is 56.7 Å². The lowest BCUT2D eigenvalue weighted by Gasteiger charge is -2.29. The van der Waals surface area contributed by atoms with Gasteiger partial charge in [-0.05, 0) is 13.0 Å². The van der Waals surface area contributed by atoms with Gasteiger partial charge in [0.05, 0.1) is 26.4 Å². The number of hydrogen-bond acceptors (Lipinski definition) is 5. The SMILES string of the molecule is CCNC(=NCc1cccnc1N1CCOCC1)NCCOC.I. The Morgan fingerprint density at radius 1 is 1.38 bits per heavy atom. The van der Waals surface area contributed by atoms with Crippen molar-refractivity contribution in [3.63, 3.8) is 0 Å². The van der Waals surface area contributed by atoms with Gasteiger partial charge in [0.15, 0.2) is 5.96 Å². The lowest BCUT2D eigenvalue weighted by Crippen LogP contribution is -2.39. The number of ether oxygens (including phenoxy) is 2. The lowest BCUT2D eigenvalue weighted by atomic mass is 10.2. The third-order valence-electron chi connectivity index (χ3n) is 3.53. The van der Waals surface area contributed by atoms with Crippen molar-refractivity contribution in [1.29, 1.82) is 0 Å². The van der Waals surface area contributed by atoms with E-state index in [1.54, 1.807) is 7.11 Å². The summed E-state index contributed by atoms with van der Waals surface area (Å²) in [5.74, 6) is 1.80. The van der Waals surface area contributed by atoms with Gasteiger partial charge in [-0.2, -0.15) is 0 Å². The predicted octanol–water partition coefficient (Wildman–Crippen LogP) is 1.24. The largest absolute Gasteiger partial charge is 0.383 e. The number of aromatic nitrogens is 1. The van der Waals surface area contributed by atoms with Crippen molar-refractivity contribution in [2.75, 3.05) is 58.0 Å². The molecular weight excluding hydrogens is 421 g/mol. The standard InChI is InChI=1S/C16H27N5O2.HI/c1-3-17-16(19-7-10-22-2)20-13-14-5-4-6-18-15(14)21-8-11-23-12-9-21;/h4-6H,3,7-13H2,1-2H3,(H2,17,19,20);1H. The molecule has 8 heteroatoms. The minimum atomic E-state index is 0. The second-order valence-corrected chi connectivity index (χ2v) is 5.20. The van der Waals surface area contributed by atoms with Gasteiger partial charge in [-0.25, -0.2) is 9.98 Å². The Balaban J connectivity index is 0.00000288. The van der Waals surface area contributed by atoms with Crippen LogP contribution >= 0.6 is 24.0 Å². The van der Waals surface area contributed by atoms with Gasteiger partial charge in [0.1, 0.15) is 5.82 Å². The molecule has 0 bridgehead atoms. The highest BCUT2D eigenvalue weighted by Crippen LogP contribution is 2.19.